The van der Waals surface area contributed by atoms with Crippen molar-refractivity contribution in [2.24, 2.45) is 0 Å². The molecule has 3 heterocycles. The van der Waals surface area contributed by atoms with Gasteiger partial charge in [-0.1, -0.05) is 6.07 Å². The zero-order chi connectivity index (χ0) is 17.1. The van der Waals surface area contributed by atoms with E-state index in [0.717, 1.165) is 21.7 Å². The van der Waals surface area contributed by atoms with Crippen LogP contribution in [0.25, 0.3) is 10.4 Å². The van der Waals surface area contributed by atoms with Gasteiger partial charge in [0.1, 0.15) is 16.7 Å². The lowest BCUT2D eigenvalue weighted by molar-refractivity contribution is -0.124. The van der Waals surface area contributed by atoms with E-state index in [4.69, 9.17) is 9.47 Å². The van der Waals surface area contributed by atoms with Gasteiger partial charge in [-0.15, -0.1) is 22.7 Å². The molecule has 1 saturated heterocycles. The van der Waals surface area contributed by atoms with Gasteiger partial charge in [0.2, 0.25) is 0 Å². The molecule has 0 bridgehead atoms. The van der Waals surface area contributed by atoms with Crippen LogP contribution in [0.3, 0.4) is 0 Å². The number of carbonyl (C=O) groups excluding carboxylic acids is 2. The second-order valence-electron chi connectivity index (χ2n) is 5.43. The van der Waals surface area contributed by atoms with Crippen LogP contribution in [0.5, 0.6) is 0 Å². The Kier molecular flexibility index (Phi) is 5.33. The number of anilines is 1. The third kappa shape index (κ3) is 3.38. The Morgan fingerprint density at radius 3 is 2.92 bits per heavy atom. The van der Waals surface area contributed by atoms with Crippen LogP contribution in [0.15, 0.2) is 17.5 Å². The van der Waals surface area contributed by atoms with Crippen molar-refractivity contribution in [3.05, 3.63) is 28.0 Å². The van der Waals surface area contributed by atoms with E-state index in [2.05, 4.69) is 5.32 Å². The van der Waals surface area contributed by atoms with Crippen LogP contribution in [-0.2, 0) is 14.3 Å². The molecular formula is C17H19NO4S2. The molecule has 3 rings (SSSR count). The first-order valence-corrected chi connectivity index (χ1v) is 9.58. The molecule has 0 spiro atoms. The summed E-state index contributed by atoms with van der Waals surface area (Å²) < 4.78 is 10.6. The van der Waals surface area contributed by atoms with Gasteiger partial charge in [-0.25, -0.2) is 4.79 Å². The van der Waals surface area contributed by atoms with Crippen molar-refractivity contribution in [1.29, 1.82) is 0 Å². The van der Waals surface area contributed by atoms with E-state index < -0.39 is 12.1 Å². The first-order valence-electron chi connectivity index (χ1n) is 7.88. The summed E-state index contributed by atoms with van der Waals surface area (Å²) in [5.74, 6) is -0.607. The summed E-state index contributed by atoms with van der Waals surface area (Å²) in [6.07, 6.45) is 1.16. The van der Waals surface area contributed by atoms with Gasteiger partial charge in [0.05, 0.1) is 6.61 Å². The van der Waals surface area contributed by atoms with Crippen LogP contribution < -0.4 is 5.32 Å². The third-order valence-electron chi connectivity index (χ3n) is 3.79. The van der Waals surface area contributed by atoms with Crippen LogP contribution in [-0.4, -0.2) is 31.2 Å². The van der Waals surface area contributed by atoms with Crippen LogP contribution in [0.4, 0.5) is 5.00 Å². The number of carbonyl (C=O) groups is 2. The largest absolute Gasteiger partial charge is 0.462 e. The highest BCUT2D eigenvalue weighted by molar-refractivity contribution is 7.18. The van der Waals surface area contributed by atoms with Gasteiger partial charge in [-0.3, -0.25) is 4.79 Å². The molecule has 0 aliphatic carbocycles. The van der Waals surface area contributed by atoms with Gasteiger partial charge in [0, 0.05) is 21.9 Å². The minimum absolute atomic E-state index is 0.197. The Balaban J connectivity index is 1.97. The molecule has 2 aromatic rings. The molecule has 1 aliphatic rings. The topological polar surface area (TPSA) is 64.6 Å². The van der Waals surface area contributed by atoms with E-state index in [9.17, 15) is 9.59 Å². The van der Waals surface area contributed by atoms with E-state index >= 15 is 0 Å². The van der Waals surface area contributed by atoms with Crippen molar-refractivity contribution < 1.29 is 19.1 Å². The summed E-state index contributed by atoms with van der Waals surface area (Å²) in [4.78, 5) is 26.8. The van der Waals surface area contributed by atoms with Crippen LogP contribution >= 0.6 is 22.7 Å². The molecule has 1 N–H and O–H groups in total. The fourth-order valence-electron chi connectivity index (χ4n) is 2.73. The van der Waals surface area contributed by atoms with Crippen LogP contribution in [0.2, 0.25) is 0 Å². The molecule has 0 saturated carbocycles. The monoisotopic (exact) mass is 365 g/mol. The zero-order valence-electron chi connectivity index (χ0n) is 13.6. The average molecular weight is 365 g/mol. The fraction of sp³-hybridized carbons (Fsp3) is 0.412. The number of hydrogen-bond donors (Lipinski definition) is 1. The lowest BCUT2D eigenvalue weighted by atomic mass is 10.1. The van der Waals surface area contributed by atoms with Crippen molar-refractivity contribution >= 4 is 39.6 Å². The number of aryl methyl sites for hydroxylation is 1. The normalized spacial score (nSPS) is 17.0. The van der Waals surface area contributed by atoms with Crippen molar-refractivity contribution in [3.63, 3.8) is 0 Å². The maximum atomic E-state index is 12.5. The van der Waals surface area contributed by atoms with Crippen molar-refractivity contribution in [3.8, 4) is 10.4 Å². The standard InChI is InChI=1S/C17H19NO4S2/c1-3-21-17(20)14-13(12-7-5-9-23-12)10(2)24-16(14)18-15(19)11-6-4-8-22-11/h5,7,9,11H,3-4,6,8H2,1-2H3,(H,18,19). The first kappa shape index (κ1) is 17.1. The summed E-state index contributed by atoms with van der Waals surface area (Å²) in [6, 6.07) is 3.91. The predicted molar refractivity (Wildman–Crippen MR) is 95.9 cm³/mol. The van der Waals surface area contributed by atoms with Crippen molar-refractivity contribution in [2.75, 3.05) is 18.5 Å². The van der Waals surface area contributed by atoms with Gasteiger partial charge < -0.3 is 14.8 Å². The minimum Gasteiger partial charge on any atom is -0.462 e. The number of thiophene rings is 2. The molecule has 128 valence electrons. The molecular weight excluding hydrogens is 346 g/mol. The Labute approximate surface area is 148 Å². The van der Waals surface area contributed by atoms with Crippen LogP contribution in [0.1, 0.15) is 35.0 Å². The minimum atomic E-state index is -0.437. The number of esters is 1. The lowest BCUT2D eigenvalue weighted by Gasteiger charge is -2.11. The summed E-state index contributed by atoms with van der Waals surface area (Å²) >= 11 is 2.96. The highest BCUT2D eigenvalue weighted by Gasteiger charge is 2.29. The molecule has 1 amide bonds. The number of ether oxygens (including phenoxy) is 2. The maximum Gasteiger partial charge on any atom is 0.341 e. The van der Waals surface area contributed by atoms with Crippen LogP contribution in [0, 0.1) is 6.92 Å². The molecule has 1 aliphatic heterocycles. The summed E-state index contributed by atoms with van der Waals surface area (Å²) in [5.41, 5.74) is 1.28. The molecule has 0 aromatic carbocycles. The Morgan fingerprint density at radius 1 is 1.46 bits per heavy atom. The smallest absolute Gasteiger partial charge is 0.341 e. The number of nitrogens with one attached hydrogen (secondary N) is 1. The van der Waals surface area contributed by atoms with E-state index in [1.54, 1.807) is 18.3 Å². The highest BCUT2D eigenvalue weighted by Crippen LogP contribution is 2.42. The second-order valence-corrected chi connectivity index (χ2v) is 7.60. The van der Waals surface area contributed by atoms with Crippen molar-refractivity contribution in [1.82, 2.24) is 0 Å². The summed E-state index contributed by atoms with van der Waals surface area (Å²) in [5, 5.41) is 5.37. The van der Waals surface area contributed by atoms with Gasteiger partial charge in [-0.2, -0.15) is 0 Å². The molecule has 1 unspecified atom stereocenters. The SMILES string of the molecule is CCOC(=O)c1c(NC(=O)C2CCCO2)sc(C)c1-c1cccs1. The summed E-state index contributed by atoms with van der Waals surface area (Å²) in [7, 11) is 0. The lowest BCUT2D eigenvalue weighted by Crippen LogP contribution is -2.27. The Bertz CT molecular complexity index is 730. The third-order valence-corrected chi connectivity index (χ3v) is 5.70. The van der Waals surface area contributed by atoms with E-state index in [1.807, 2.05) is 24.4 Å². The number of rotatable bonds is 5. The quantitative estimate of drug-likeness (QED) is 0.811. The highest BCUT2D eigenvalue weighted by atomic mass is 32.1. The van der Waals surface area contributed by atoms with Gasteiger partial charge in [0.25, 0.3) is 5.91 Å². The predicted octanol–water partition coefficient (Wildman–Crippen LogP) is 4.08. The van der Waals surface area contributed by atoms with Gasteiger partial charge in [-0.05, 0) is 38.1 Å². The number of hydrogen-bond acceptors (Lipinski definition) is 6. The van der Waals surface area contributed by atoms with Gasteiger partial charge >= 0.3 is 5.97 Å². The van der Waals surface area contributed by atoms with E-state index in [0.29, 0.717) is 23.6 Å². The molecule has 2 aromatic heterocycles. The Hall–Kier alpha value is -1.70. The maximum absolute atomic E-state index is 12.5. The zero-order valence-corrected chi connectivity index (χ0v) is 15.2. The molecule has 0 radical (unpaired) electrons. The van der Waals surface area contributed by atoms with E-state index in [1.165, 1.54) is 11.3 Å². The average Bonchev–Trinajstić information content (AvgIpc) is 3.28. The number of amides is 1. The molecule has 5 nitrogen and oxygen atoms in total. The molecule has 1 atom stereocenters. The molecule has 24 heavy (non-hydrogen) atoms. The fourth-order valence-corrected chi connectivity index (χ4v) is 4.68. The van der Waals surface area contributed by atoms with E-state index in [-0.39, 0.29) is 12.5 Å². The Morgan fingerprint density at radius 2 is 2.29 bits per heavy atom. The van der Waals surface area contributed by atoms with Crippen molar-refractivity contribution in [2.45, 2.75) is 32.8 Å². The first-order chi connectivity index (χ1) is 11.6. The van der Waals surface area contributed by atoms with Gasteiger partial charge in [0.15, 0.2) is 0 Å². The molecule has 1 fully saturated rings. The molecule has 7 heteroatoms. The summed E-state index contributed by atoms with van der Waals surface area (Å²) in [6.45, 7) is 4.61. The second kappa shape index (κ2) is 7.46.